The molecule has 1 unspecified atom stereocenters. The quantitative estimate of drug-likeness (QED) is 0.656. The first kappa shape index (κ1) is 23.4. The maximum atomic E-state index is 14.6. The minimum absolute atomic E-state index is 0.140. The number of nitrogens with two attached hydrogens (primary N) is 1. The van der Waals surface area contributed by atoms with E-state index in [1.165, 1.54) is 20.1 Å². The van der Waals surface area contributed by atoms with Gasteiger partial charge >= 0.3 is 0 Å². The molecule has 4 N–H and O–H groups in total. The zero-order chi connectivity index (χ0) is 21.5. The van der Waals surface area contributed by atoms with Crippen molar-refractivity contribution in [1.29, 1.82) is 0 Å². The van der Waals surface area contributed by atoms with Crippen LogP contribution in [0.25, 0.3) is 0 Å². The summed E-state index contributed by atoms with van der Waals surface area (Å²) in [5.41, 5.74) is 3.05. The molecule has 0 aliphatic carbocycles. The average Bonchev–Trinajstić information content (AvgIpc) is 2.72. The van der Waals surface area contributed by atoms with Crippen molar-refractivity contribution in [2.45, 2.75) is 31.4 Å². The minimum Gasteiger partial charge on any atom is -0.483 e. The summed E-state index contributed by atoms with van der Waals surface area (Å²) >= 11 is 0. The van der Waals surface area contributed by atoms with Gasteiger partial charge in [0.05, 0.1) is 0 Å². The summed E-state index contributed by atoms with van der Waals surface area (Å²) in [5.74, 6) is -5.05. The van der Waals surface area contributed by atoms with E-state index in [1.807, 2.05) is 0 Å². The number of benzene rings is 1. The number of hydrogen-bond donors (Lipinski definition) is 3. The molecule has 1 aliphatic heterocycles. The number of carbonyl (C=O) groups excluding carboxylic acids is 1. The van der Waals surface area contributed by atoms with Crippen molar-refractivity contribution in [3.63, 3.8) is 0 Å². The zero-order valence-corrected chi connectivity index (χ0v) is 15.5. The molecule has 0 radical (unpaired) electrons. The van der Waals surface area contributed by atoms with Crippen molar-refractivity contribution in [2.24, 2.45) is 10.7 Å². The standard InChI is InChI=1S/C16H20F3N3O3.CH2O2/c1-9(24-3)14(23)21-10-4-5-12(17)11(6-10)15(2)16(18,19)8-25-7-13(20)22-15;2-1-3/h4-6,9H,7-8H2,1-3H3,(H2,20,22)(H,21,23);1H,(H,2,3)/t9?,15-;/m1./s1. The lowest BCUT2D eigenvalue weighted by atomic mass is 9.85. The Hall–Kier alpha value is -2.66. The molecule has 0 saturated carbocycles. The molecule has 0 saturated heterocycles. The van der Waals surface area contributed by atoms with E-state index in [4.69, 9.17) is 25.1 Å². The van der Waals surface area contributed by atoms with Crippen LogP contribution in [0.1, 0.15) is 19.4 Å². The van der Waals surface area contributed by atoms with E-state index in [2.05, 4.69) is 10.3 Å². The summed E-state index contributed by atoms with van der Waals surface area (Å²) in [4.78, 5) is 24.1. The number of nitrogens with zero attached hydrogens (tertiary/aromatic N) is 1. The van der Waals surface area contributed by atoms with Gasteiger partial charge in [-0.15, -0.1) is 0 Å². The molecular weight excluding hydrogens is 383 g/mol. The third kappa shape index (κ3) is 5.20. The maximum absolute atomic E-state index is 14.6. The number of anilines is 1. The predicted molar refractivity (Wildman–Crippen MR) is 94.9 cm³/mol. The number of carbonyl (C=O) groups is 2. The van der Waals surface area contributed by atoms with Crippen molar-refractivity contribution in [3.05, 3.63) is 29.6 Å². The molecule has 0 bridgehead atoms. The van der Waals surface area contributed by atoms with Gasteiger partial charge in [0.1, 0.15) is 31.0 Å². The van der Waals surface area contributed by atoms with Gasteiger partial charge in [0.25, 0.3) is 18.3 Å². The first-order valence-corrected chi connectivity index (χ1v) is 8.03. The van der Waals surface area contributed by atoms with E-state index in [0.717, 1.165) is 19.1 Å². The molecular formula is C17H22F3N3O5. The van der Waals surface area contributed by atoms with Crippen LogP contribution in [0.2, 0.25) is 0 Å². The second-order valence-corrected chi connectivity index (χ2v) is 6.04. The van der Waals surface area contributed by atoms with E-state index in [-0.39, 0.29) is 24.6 Å². The highest BCUT2D eigenvalue weighted by Gasteiger charge is 2.54. The first-order chi connectivity index (χ1) is 13.0. The highest BCUT2D eigenvalue weighted by molar-refractivity contribution is 5.94. The predicted octanol–water partition coefficient (Wildman–Crippen LogP) is 1.74. The van der Waals surface area contributed by atoms with Gasteiger partial charge in [-0.3, -0.25) is 14.6 Å². The molecule has 1 aliphatic rings. The SMILES string of the molecule is COC(C)C(=O)Nc1ccc(F)c([C@@]2(C)N=C(N)COCC2(F)F)c1.O=CO. The van der Waals surface area contributed by atoms with Gasteiger partial charge < -0.3 is 25.6 Å². The number of nitrogens with one attached hydrogen (secondary N) is 1. The van der Waals surface area contributed by atoms with Crippen molar-refractivity contribution < 1.29 is 37.3 Å². The normalized spacial score (nSPS) is 22.0. The van der Waals surface area contributed by atoms with Crippen molar-refractivity contribution in [3.8, 4) is 0 Å². The zero-order valence-electron chi connectivity index (χ0n) is 15.5. The van der Waals surface area contributed by atoms with E-state index >= 15 is 0 Å². The third-order valence-corrected chi connectivity index (χ3v) is 4.09. The largest absolute Gasteiger partial charge is 0.483 e. The molecule has 1 amide bonds. The van der Waals surface area contributed by atoms with Crippen LogP contribution in [-0.2, 0) is 24.6 Å². The van der Waals surface area contributed by atoms with Gasteiger partial charge in [0, 0.05) is 18.4 Å². The molecule has 2 atom stereocenters. The molecule has 8 nitrogen and oxygen atoms in total. The lowest BCUT2D eigenvalue weighted by Gasteiger charge is -2.33. The molecule has 11 heteroatoms. The summed E-state index contributed by atoms with van der Waals surface area (Å²) in [6, 6.07) is 3.37. The van der Waals surface area contributed by atoms with E-state index in [0.29, 0.717) is 0 Å². The summed E-state index contributed by atoms with van der Waals surface area (Å²) in [6.45, 7) is 1.12. The van der Waals surface area contributed by atoms with Gasteiger partial charge in [-0.05, 0) is 32.0 Å². The fourth-order valence-electron chi connectivity index (χ4n) is 2.41. The van der Waals surface area contributed by atoms with Crippen molar-refractivity contribution in [2.75, 3.05) is 25.6 Å². The summed E-state index contributed by atoms with van der Waals surface area (Å²) < 4.78 is 53.2. The third-order valence-electron chi connectivity index (χ3n) is 4.09. The number of hydrogen-bond acceptors (Lipinski definition) is 6. The van der Waals surface area contributed by atoms with Gasteiger partial charge in [0.15, 0.2) is 5.54 Å². The topological polar surface area (TPSA) is 123 Å². The Morgan fingerprint density at radius 2 is 2.11 bits per heavy atom. The van der Waals surface area contributed by atoms with Crippen LogP contribution in [0, 0.1) is 5.82 Å². The molecule has 1 heterocycles. The highest BCUT2D eigenvalue weighted by atomic mass is 19.3. The van der Waals surface area contributed by atoms with Crippen LogP contribution in [0.15, 0.2) is 23.2 Å². The molecule has 0 aromatic heterocycles. The van der Waals surface area contributed by atoms with Crippen molar-refractivity contribution in [1.82, 2.24) is 0 Å². The van der Waals surface area contributed by atoms with E-state index in [9.17, 15) is 18.0 Å². The second kappa shape index (κ2) is 9.51. The fourth-order valence-corrected chi connectivity index (χ4v) is 2.41. The Labute approximate surface area is 159 Å². The minimum atomic E-state index is -3.50. The van der Waals surface area contributed by atoms with E-state index < -0.39 is 41.5 Å². The van der Waals surface area contributed by atoms with Gasteiger partial charge in [-0.25, -0.2) is 13.2 Å². The summed E-state index contributed by atoms with van der Waals surface area (Å²) in [5, 5.41) is 9.37. The molecule has 156 valence electrons. The molecule has 0 fully saturated rings. The number of halogens is 3. The fraction of sp³-hybridized carbons (Fsp3) is 0.471. The smallest absolute Gasteiger partial charge is 0.299 e. The van der Waals surface area contributed by atoms with Gasteiger partial charge in [0.2, 0.25) is 0 Å². The van der Waals surface area contributed by atoms with Gasteiger partial charge in [-0.2, -0.15) is 0 Å². The molecule has 28 heavy (non-hydrogen) atoms. The van der Waals surface area contributed by atoms with Crippen LogP contribution < -0.4 is 11.1 Å². The molecule has 1 aromatic rings. The number of amides is 1. The first-order valence-electron chi connectivity index (χ1n) is 8.03. The van der Waals surface area contributed by atoms with Crippen molar-refractivity contribution >= 4 is 23.9 Å². The maximum Gasteiger partial charge on any atom is 0.299 e. The number of aliphatic imine (C=N–C) groups is 1. The Kier molecular flexibility index (Phi) is 7.94. The highest BCUT2D eigenvalue weighted by Crippen LogP contribution is 2.44. The number of ether oxygens (including phenoxy) is 2. The summed E-state index contributed by atoms with van der Waals surface area (Å²) in [6.07, 6.45) is -0.759. The Morgan fingerprint density at radius 3 is 2.68 bits per heavy atom. The lowest BCUT2D eigenvalue weighted by molar-refractivity contribution is -0.125. The molecule has 0 spiro atoms. The number of rotatable bonds is 4. The number of carboxylic acid groups (broad SMARTS) is 1. The van der Waals surface area contributed by atoms with E-state index in [1.54, 1.807) is 0 Å². The van der Waals surface area contributed by atoms with Crippen LogP contribution in [0.4, 0.5) is 18.9 Å². The Morgan fingerprint density at radius 1 is 1.50 bits per heavy atom. The number of alkyl halides is 2. The van der Waals surface area contributed by atoms with Gasteiger partial charge in [-0.1, -0.05) is 0 Å². The van der Waals surface area contributed by atoms with Crippen LogP contribution >= 0.6 is 0 Å². The molecule has 1 aromatic carbocycles. The Bertz CT molecular complexity index is 745. The van der Waals surface area contributed by atoms with Crippen LogP contribution in [-0.4, -0.2) is 55.7 Å². The summed E-state index contributed by atoms with van der Waals surface area (Å²) in [7, 11) is 1.35. The second-order valence-electron chi connectivity index (χ2n) is 6.04. The number of methoxy groups -OCH3 is 1. The molecule has 2 rings (SSSR count). The average molecular weight is 405 g/mol. The Balaban J connectivity index is 0.00000122. The monoisotopic (exact) mass is 405 g/mol. The van der Waals surface area contributed by atoms with Crippen LogP contribution in [0.3, 0.4) is 0 Å². The lowest BCUT2D eigenvalue weighted by Crippen LogP contribution is -2.45. The van der Waals surface area contributed by atoms with Crippen LogP contribution in [0.5, 0.6) is 0 Å². The number of amidine groups is 1.